The molecule has 0 aromatic carbocycles. The number of methoxy groups -OCH3 is 1. The van der Waals surface area contributed by atoms with Crippen LogP contribution in [0.15, 0.2) is 0 Å². The highest BCUT2D eigenvalue weighted by atomic mass is 35.5. The molecule has 0 aliphatic rings. The average Bonchev–Trinajstić information content (AvgIpc) is 2.20. The van der Waals surface area contributed by atoms with Crippen molar-refractivity contribution < 1.29 is 27.4 Å². The van der Waals surface area contributed by atoms with Gasteiger partial charge < -0.3 is 14.8 Å². The van der Waals surface area contributed by atoms with Gasteiger partial charge in [-0.15, -0.1) is 11.6 Å². The van der Waals surface area contributed by atoms with Gasteiger partial charge >= 0.3 is 12.1 Å². The van der Waals surface area contributed by atoms with Crippen molar-refractivity contribution in [2.24, 2.45) is 0 Å². The summed E-state index contributed by atoms with van der Waals surface area (Å²) in [5.41, 5.74) is 0. The van der Waals surface area contributed by atoms with Crippen LogP contribution in [0.5, 0.6) is 0 Å². The first-order valence-corrected chi connectivity index (χ1v) is 4.87. The number of rotatable bonds is 7. The summed E-state index contributed by atoms with van der Waals surface area (Å²) in [6.07, 6.45) is -4.32. The van der Waals surface area contributed by atoms with E-state index >= 15 is 0 Å². The standard InChI is InChI=1S/C8H13ClF3NO3/c1-15-7(14)6(9)4-13-2-3-16-5-8(10,11)12/h6,13H,2-5H2,1H3. The summed E-state index contributed by atoms with van der Waals surface area (Å²) in [7, 11) is 1.20. The van der Waals surface area contributed by atoms with Gasteiger partial charge in [-0.1, -0.05) is 0 Å². The van der Waals surface area contributed by atoms with Crippen LogP contribution in [0.25, 0.3) is 0 Å². The summed E-state index contributed by atoms with van der Waals surface area (Å²) in [6, 6.07) is 0. The second-order valence-corrected chi connectivity index (χ2v) is 3.39. The summed E-state index contributed by atoms with van der Waals surface area (Å²) in [6.45, 7) is -1.10. The Bertz CT molecular complexity index is 213. The molecule has 0 radical (unpaired) electrons. The number of hydrogen-bond acceptors (Lipinski definition) is 4. The third-order valence-corrected chi connectivity index (χ3v) is 1.80. The van der Waals surface area contributed by atoms with Gasteiger partial charge in [0.1, 0.15) is 12.0 Å². The van der Waals surface area contributed by atoms with Crippen LogP contribution in [0.3, 0.4) is 0 Å². The third kappa shape index (κ3) is 8.75. The second kappa shape index (κ2) is 7.70. The van der Waals surface area contributed by atoms with E-state index in [1.54, 1.807) is 0 Å². The normalized spacial score (nSPS) is 13.6. The molecule has 0 saturated heterocycles. The lowest BCUT2D eigenvalue weighted by Crippen LogP contribution is -2.32. The molecule has 0 bridgehead atoms. The molecule has 0 aromatic rings. The van der Waals surface area contributed by atoms with Gasteiger partial charge in [-0.25, -0.2) is 0 Å². The average molecular weight is 264 g/mol. The number of carbonyl (C=O) groups excluding carboxylic acids is 1. The van der Waals surface area contributed by atoms with Crippen LogP contribution >= 0.6 is 11.6 Å². The molecule has 1 atom stereocenters. The smallest absolute Gasteiger partial charge is 0.411 e. The molecule has 0 aliphatic heterocycles. The molecular weight excluding hydrogens is 251 g/mol. The number of halogens is 4. The number of esters is 1. The lowest BCUT2D eigenvalue weighted by molar-refractivity contribution is -0.173. The molecule has 0 saturated carbocycles. The zero-order valence-electron chi connectivity index (χ0n) is 8.64. The fourth-order valence-corrected chi connectivity index (χ4v) is 0.970. The molecule has 0 fully saturated rings. The first kappa shape index (κ1) is 15.5. The Morgan fingerprint density at radius 3 is 2.62 bits per heavy atom. The van der Waals surface area contributed by atoms with Crippen LogP contribution in [-0.4, -0.2) is 50.9 Å². The van der Waals surface area contributed by atoms with E-state index in [-0.39, 0.29) is 19.7 Å². The Hall–Kier alpha value is -0.530. The van der Waals surface area contributed by atoms with Gasteiger partial charge in [0.2, 0.25) is 0 Å². The number of nitrogens with one attached hydrogen (secondary N) is 1. The molecule has 1 unspecified atom stereocenters. The molecule has 0 aromatic heterocycles. The molecule has 4 nitrogen and oxygen atoms in total. The minimum atomic E-state index is -4.32. The first-order chi connectivity index (χ1) is 7.37. The Morgan fingerprint density at radius 1 is 1.50 bits per heavy atom. The molecule has 0 amide bonds. The van der Waals surface area contributed by atoms with Gasteiger partial charge in [0.05, 0.1) is 13.7 Å². The van der Waals surface area contributed by atoms with Crippen LogP contribution in [0.4, 0.5) is 13.2 Å². The van der Waals surface area contributed by atoms with Crippen molar-refractivity contribution in [3.63, 3.8) is 0 Å². The van der Waals surface area contributed by atoms with Crippen LogP contribution in [0.1, 0.15) is 0 Å². The Balaban J connectivity index is 3.37. The van der Waals surface area contributed by atoms with Gasteiger partial charge in [0, 0.05) is 13.1 Å². The van der Waals surface area contributed by atoms with Gasteiger partial charge in [0.25, 0.3) is 0 Å². The van der Waals surface area contributed by atoms with Crippen LogP contribution in [0.2, 0.25) is 0 Å². The quantitative estimate of drug-likeness (QED) is 0.422. The lowest BCUT2D eigenvalue weighted by atomic mass is 10.4. The molecular formula is C8H13ClF3NO3. The highest BCUT2D eigenvalue weighted by Gasteiger charge is 2.27. The molecule has 1 N–H and O–H groups in total. The van der Waals surface area contributed by atoms with Gasteiger partial charge in [-0.2, -0.15) is 13.2 Å². The van der Waals surface area contributed by atoms with Crippen molar-refractivity contribution in [3.8, 4) is 0 Å². The van der Waals surface area contributed by atoms with Crippen LogP contribution < -0.4 is 5.32 Å². The van der Waals surface area contributed by atoms with Crippen molar-refractivity contribution in [1.29, 1.82) is 0 Å². The predicted octanol–water partition coefficient (Wildman–Crippen LogP) is 0.935. The monoisotopic (exact) mass is 263 g/mol. The Kier molecular flexibility index (Phi) is 7.44. The predicted molar refractivity (Wildman–Crippen MR) is 51.4 cm³/mol. The van der Waals surface area contributed by atoms with E-state index in [0.717, 1.165) is 0 Å². The highest BCUT2D eigenvalue weighted by Crippen LogP contribution is 2.13. The van der Waals surface area contributed by atoms with E-state index < -0.39 is 24.1 Å². The van der Waals surface area contributed by atoms with Gasteiger partial charge in [-0.3, -0.25) is 4.79 Å². The summed E-state index contributed by atoms with van der Waals surface area (Å²) >= 11 is 5.56. The molecule has 0 heterocycles. The third-order valence-electron chi connectivity index (χ3n) is 1.47. The van der Waals surface area contributed by atoms with E-state index in [1.165, 1.54) is 7.11 Å². The largest absolute Gasteiger partial charge is 0.468 e. The van der Waals surface area contributed by atoms with E-state index in [0.29, 0.717) is 0 Å². The summed E-state index contributed by atoms with van der Waals surface area (Å²) in [5.74, 6) is -0.592. The number of hydrogen-bond donors (Lipinski definition) is 1. The summed E-state index contributed by atoms with van der Waals surface area (Å²) in [4.78, 5) is 10.8. The van der Waals surface area contributed by atoms with Gasteiger partial charge in [0.15, 0.2) is 0 Å². The van der Waals surface area contributed by atoms with Crippen LogP contribution in [-0.2, 0) is 14.3 Å². The molecule has 0 rings (SSSR count). The molecule has 96 valence electrons. The zero-order valence-corrected chi connectivity index (χ0v) is 9.40. The maximum Gasteiger partial charge on any atom is 0.411 e. The molecule has 0 spiro atoms. The van der Waals surface area contributed by atoms with Crippen molar-refractivity contribution in [2.75, 3.05) is 33.4 Å². The topological polar surface area (TPSA) is 47.6 Å². The molecule has 16 heavy (non-hydrogen) atoms. The first-order valence-electron chi connectivity index (χ1n) is 4.44. The highest BCUT2D eigenvalue weighted by molar-refractivity contribution is 6.30. The van der Waals surface area contributed by atoms with E-state index in [4.69, 9.17) is 11.6 Å². The van der Waals surface area contributed by atoms with E-state index in [1.807, 2.05) is 0 Å². The molecule has 8 heteroatoms. The second-order valence-electron chi connectivity index (χ2n) is 2.86. The summed E-state index contributed by atoms with van der Waals surface area (Å²) < 4.78 is 43.5. The number of alkyl halides is 4. The van der Waals surface area contributed by atoms with Crippen molar-refractivity contribution in [2.45, 2.75) is 11.6 Å². The van der Waals surface area contributed by atoms with Crippen molar-refractivity contribution in [1.82, 2.24) is 5.32 Å². The van der Waals surface area contributed by atoms with Crippen LogP contribution in [0, 0.1) is 0 Å². The fourth-order valence-electron chi connectivity index (χ4n) is 0.772. The van der Waals surface area contributed by atoms with E-state index in [2.05, 4.69) is 14.8 Å². The fraction of sp³-hybridized carbons (Fsp3) is 0.875. The van der Waals surface area contributed by atoms with Crippen molar-refractivity contribution >= 4 is 17.6 Å². The Morgan fingerprint density at radius 2 is 2.12 bits per heavy atom. The summed E-state index contributed by atoms with van der Waals surface area (Å²) in [5, 5.41) is 1.81. The maximum absolute atomic E-state index is 11.6. The number of carbonyl (C=O) groups is 1. The van der Waals surface area contributed by atoms with Gasteiger partial charge in [-0.05, 0) is 0 Å². The van der Waals surface area contributed by atoms with E-state index in [9.17, 15) is 18.0 Å². The SMILES string of the molecule is COC(=O)C(Cl)CNCCOCC(F)(F)F. The zero-order chi connectivity index (χ0) is 12.6. The molecule has 0 aliphatic carbocycles. The van der Waals surface area contributed by atoms with Crippen molar-refractivity contribution in [3.05, 3.63) is 0 Å². The number of ether oxygens (including phenoxy) is 2. The Labute approximate surface area is 96.0 Å². The minimum absolute atomic E-state index is 0.107. The maximum atomic E-state index is 11.6. The minimum Gasteiger partial charge on any atom is -0.468 e. The lowest BCUT2D eigenvalue weighted by Gasteiger charge is -2.10.